The Morgan fingerprint density at radius 2 is 1.87 bits per heavy atom. The van der Waals surface area contributed by atoms with E-state index in [0.717, 1.165) is 55.2 Å². The Morgan fingerprint density at radius 1 is 1.16 bits per heavy atom. The van der Waals surface area contributed by atoms with E-state index in [4.69, 9.17) is 15.9 Å². The molecule has 0 bridgehead atoms. The summed E-state index contributed by atoms with van der Waals surface area (Å²) in [6.45, 7) is 3.86. The molecule has 2 heterocycles. The van der Waals surface area contributed by atoms with Crippen molar-refractivity contribution in [1.82, 2.24) is 4.57 Å². The summed E-state index contributed by atoms with van der Waals surface area (Å²) in [6.07, 6.45) is 6.87. The lowest BCUT2D eigenvalue weighted by Gasteiger charge is -2.34. The Morgan fingerprint density at radius 3 is 2.52 bits per heavy atom. The van der Waals surface area contributed by atoms with Crippen molar-refractivity contribution in [3.05, 3.63) is 59.0 Å². The summed E-state index contributed by atoms with van der Waals surface area (Å²) in [5.74, 6) is 1.66. The van der Waals surface area contributed by atoms with Crippen molar-refractivity contribution in [1.29, 1.82) is 5.41 Å². The van der Waals surface area contributed by atoms with E-state index < -0.39 is 0 Å². The molecule has 1 aliphatic carbocycles. The number of rotatable bonds is 5. The van der Waals surface area contributed by atoms with E-state index in [1.807, 2.05) is 18.2 Å². The van der Waals surface area contributed by atoms with E-state index in [2.05, 4.69) is 17.6 Å². The molecule has 2 aliphatic rings. The molecule has 162 valence electrons. The molecule has 2 fully saturated rings. The number of benzene rings is 2. The number of hydrogen-bond acceptors (Lipinski definition) is 3. The number of nitrogens with one attached hydrogen (secondary N) is 1. The van der Waals surface area contributed by atoms with Crippen LogP contribution in [0, 0.1) is 23.1 Å². The van der Waals surface area contributed by atoms with Gasteiger partial charge in [0.15, 0.2) is 0 Å². The van der Waals surface area contributed by atoms with Gasteiger partial charge in [0.1, 0.15) is 5.82 Å². The molecule has 0 atom stereocenters. The minimum absolute atomic E-state index is 0.235. The molecule has 3 aromatic rings. The zero-order valence-corrected chi connectivity index (χ0v) is 18.0. The number of nitrogens with two attached hydrogens (primary N) is 1. The minimum atomic E-state index is -0.235. The Labute approximate surface area is 182 Å². The standard InChI is InChI=1S/C26H30FN3O/c1-16-10-17(11-16)12-23-22-14-24(29)19(15-28)13-25(22)30(21-4-2-20(27)3-5-21)26(23)18-6-8-31-9-7-18/h2-5,13-18,28H,6-12,29H2,1H3. The fourth-order valence-electron chi connectivity index (χ4n) is 5.58. The van der Waals surface area contributed by atoms with Crippen molar-refractivity contribution in [2.24, 2.45) is 11.8 Å². The molecule has 0 spiro atoms. The molecule has 0 amide bonds. The van der Waals surface area contributed by atoms with Gasteiger partial charge in [0.2, 0.25) is 0 Å². The highest BCUT2D eigenvalue weighted by molar-refractivity contribution is 5.97. The van der Waals surface area contributed by atoms with Crippen LogP contribution in [-0.4, -0.2) is 24.0 Å². The van der Waals surface area contributed by atoms with Crippen LogP contribution in [-0.2, 0) is 11.2 Å². The predicted molar refractivity (Wildman–Crippen MR) is 124 cm³/mol. The van der Waals surface area contributed by atoms with Crippen molar-refractivity contribution in [2.75, 3.05) is 18.9 Å². The SMILES string of the molecule is CC1CC(Cc2c(C3CCOCC3)n(-c3ccc(F)cc3)c3cc(C=N)c(N)cc23)C1. The van der Waals surface area contributed by atoms with Gasteiger partial charge in [-0.1, -0.05) is 6.92 Å². The molecule has 31 heavy (non-hydrogen) atoms. The lowest BCUT2D eigenvalue weighted by Crippen LogP contribution is -2.24. The Hall–Kier alpha value is -2.66. The quantitative estimate of drug-likeness (QED) is 0.403. The smallest absolute Gasteiger partial charge is 0.123 e. The molecule has 1 aliphatic heterocycles. The average Bonchev–Trinajstić information content (AvgIpc) is 3.06. The maximum Gasteiger partial charge on any atom is 0.123 e. The van der Waals surface area contributed by atoms with Gasteiger partial charge >= 0.3 is 0 Å². The number of nitrogens with zero attached hydrogens (tertiary/aromatic N) is 1. The van der Waals surface area contributed by atoms with E-state index in [1.165, 1.54) is 47.8 Å². The summed E-state index contributed by atoms with van der Waals surface area (Å²) in [7, 11) is 0. The molecule has 2 aromatic carbocycles. The molecule has 3 N–H and O–H groups in total. The van der Waals surface area contributed by atoms with Crippen molar-refractivity contribution < 1.29 is 9.13 Å². The summed E-state index contributed by atoms with van der Waals surface area (Å²) in [6, 6.07) is 10.8. The van der Waals surface area contributed by atoms with Crippen molar-refractivity contribution in [3.63, 3.8) is 0 Å². The fraction of sp³-hybridized carbons (Fsp3) is 0.423. The van der Waals surface area contributed by atoms with Gasteiger partial charge in [-0.25, -0.2) is 4.39 Å². The molecule has 5 heteroatoms. The van der Waals surface area contributed by atoms with Crippen LogP contribution in [0.5, 0.6) is 0 Å². The number of aromatic nitrogens is 1. The van der Waals surface area contributed by atoms with E-state index in [-0.39, 0.29) is 5.82 Å². The van der Waals surface area contributed by atoms with Gasteiger partial charge in [-0.2, -0.15) is 0 Å². The highest BCUT2D eigenvalue weighted by Gasteiger charge is 2.32. The summed E-state index contributed by atoms with van der Waals surface area (Å²) in [5.41, 5.74) is 12.4. The first-order valence-corrected chi connectivity index (χ1v) is 11.4. The third-order valence-corrected chi connectivity index (χ3v) is 7.13. The molecule has 0 unspecified atom stereocenters. The molecule has 1 aromatic heterocycles. The fourth-order valence-corrected chi connectivity index (χ4v) is 5.58. The number of halogens is 1. The van der Waals surface area contributed by atoms with Crippen LogP contribution < -0.4 is 5.73 Å². The van der Waals surface area contributed by atoms with Crippen LogP contribution in [0.1, 0.15) is 55.3 Å². The number of ether oxygens (including phenoxy) is 1. The van der Waals surface area contributed by atoms with E-state index >= 15 is 0 Å². The van der Waals surface area contributed by atoms with E-state index in [1.54, 1.807) is 0 Å². The highest BCUT2D eigenvalue weighted by Crippen LogP contribution is 2.44. The summed E-state index contributed by atoms with van der Waals surface area (Å²) < 4.78 is 21.7. The lowest BCUT2D eigenvalue weighted by atomic mass is 9.72. The van der Waals surface area contributed by atoms with Crippen LogP contribution in [0.4, 0.5) is 10.1 Å². The van der Waals surface area contributed by atoms with Crippen molar-refractivity contribution in [3.8, 4) is 5.69 Å². The number of nitrogen functional groups attached to an aromatic ring is 1. The Balaban J connectivity index is 1.77. The van der Waals surface area contributed by atoms with Gasteiger partial charge in [0, 0.05) is 53.4 Å². The Bertz CT molecular complexity index is 1110. The topological polar surface area (TPSA) is 64.0 Å². The zero-order valence-electron chi connectivity index (χ0n) is 18.0. The molecule has 1 saturated heterocycles. The van der Waals surface area contributed by atoms with Gasteiger partial charge in [0.25, 0.3) is 0 Å². The van der Waals surface area contributed by atoms with Gasteiger partial charge < -0.3 is 20.4 Å². The second-order valence-corrected chi connectivity index (χ2v) is 9.35. The lowest BCUT2D eigenvalue weighted by molar-refractivity contribution is 0.0839. The molecular weight excluding hydrogens is 389 g/mol. The van der Waals surface area contributed by atoms with Gasteiger partial charge in [0.05, 0.1) is 5.52 Å². The van der Waals surface area contributed by atoms with E-state index in [9.17, 15) is 4.39 Å². The van der Waals surface area contributed by atoms with Crippen molar-refractivity contribution in [2.45, 2.75) is 44.9 Å². The maximum atomic E-state index is 13.7. The highest BCUT2D eigenvalue weighted by atomic mass is 19.1. The Kier molecular flexibility index (Phi) is 5.30. The van der Waals surface area contributed by atoms with Crippen LogP contribution in [0.2, 0.25) is 0 Å². The monoisotopic (exact) mass is 419 g/mol. The molecule has 0 radical (unpaired) electrons. The third kappa shape index (κ3) is 3.65. The summed E-state index contributed by atoms with van der Waals surface area (Å²) in [5, 5.41) is 8.99. The molecule has 1 saturated carbocycles. The maximum absolute atomic E-state index is 13.7. The number of fused-ring (bicyclic) bond motifs is 1. The van der Waals surface area contributed by atoms with Crippen LogP contribution in [0.3, 0.4) is 0 Å². The molecule has 5 rings (SSSR count). The number of hydrogen-bond donors (Lipinski definition) is 2. The van der Waals surface area contributed by atoms with Crippen LogP contribution in [0.15, 0.2) is 36.4 Å². The van der Waals surface area contributed by atoms with Crippen LogP contribution >= 0.6 is 0 Å². The minimum Gasteiger partial charge on any atom is -0.398 e. The first kappa shape index (κ1) is 20.3. The van der Waals surface area contributed by atoms with Gasteiger partial charge in [-0.15, -0.1) is 0 Å². The normalized spacial score (nSPS) is 21.9. The first-order chi connectivity index (χ1) is 15.0. The zero-order chi connectivity index (χ0) is 21.5. The summed E-state index contributed by atoms with van der Waals surface area (Å²) in [4.78, 5) is 0. The second-order valence-electron chi connectivity index (χ2n) is 9.35. The first-order valence-electron chi connectivity index (χ1n) is 11.4. The summed E-state index contributed by atoms with van der Waals surface area (Å²) >= 11 is 0. The van der Waals surface area contributed by atoms with Gasteiger partial charge in [-0.3, -0.25) is 0 Å². The third-order valence-electron chi connectivity index (χ3n) is 7.13. The average molecular weight is 420 g/mol. The van der Waals surface area contributed by atoms with Crippen LogP contribution in [0.25, 0.3) is 16.6 Å². The van der Waals surface area contributed by atoms with E-state index in [0.29, 0.717) is 17.5 Å². The largest absolute Gasteiger partial charge is 0.398 e. The second kappa shape index (κ2) is 8.12. The van der Waals surface area contributed by atoms with Crippen molar-refractivity contribution >= 4 is 22.8 Å². The van der Waals surface area contributed by atoms with Gasteiger partial charge in [-0.05, 0) is 85.9 Å². The number of anilines is 1. The molecule has 4 nitrogen and oxygen atoms in total. The molecular formula is C26H30FN3O. The predicted octanol–water partition coefficient (Wildman–Crippen LogP) is 5.83.